The number of carbonyl (C=O) groups excluding carboxylic acids is 8. The van der Waals surface area contributed by atoms with Crippen molar-refractivity contribution in [1.29, 1.82) is 0 Å². The van der Waals surface area contributed by atoms with Crippen molar-refractivity contribution in [3.8, 4) is 0 Å². The van der Waals surface area contributed by atoms with E-state index in [1.54, 1.807) is 36.4 Å². The largest absolute Gasteiger partial charge is 0.459 e. The van der Waals surface area contributed by atoms with Crippen LogP contribution in [0.3, 0.4) is 0 Å². The van der Waals surface area contributed by atoms with Crippen LogP contribution >= 0.6 is 0 Å². The molecule has 7 rings (SSSR count). The first-order valence-corrected chi connectivity index (χ1v) is 30.4. The molecule has 5 fully saturated rings. The average Bonchev–Trinajstić information content (AvgIpc) is 1.72. The Morgan fingerprint density at radius 1 is 0.376 bits per heavy atom. The van der Waals surface area contributed by atoms with Gasteiger partial charge in [-0.2, -0.15) is 0 Å². The Balaban J connectivity index is -0.00000239. The fourth-order valence-electron chi connectivity index (χ4n) is 11.8. The van der Waals surface area contributed by atoms with Gasteiger partial charge < -0.3 is 75.8 Å². The molecule has 0 N–H and O–H groups in total. The van der Waals surface area contributed by atoms with Crippen LogP contribution in [0.5, 0.6) is 0 Å². The molecule has 0 aromatic heterocycles. The third kappa shape index (κ3) is 26.6. The molecule has 12 radical (unpaired) electrons. The van der Waals surface area contributed by atoms with Gasteiger partial charge in [-0.15, -0.1) is 0 Å². The first-order chi connectivity index (χ1) is 48.5. The lowest BCUT2D eigenvalue weighted by Crippen LogP contribution is -2.65. The fourth-order valence-corrected chi connectivity index (χ4v) is 11.8. The summed E-state index contributed by atoms with van der Waals surface area (Å²) >= 11 is 0. The monoisotopic (exact) mass is 1540 g/mol. The minimum atomic E-state index is -2.22. The maximum absolute atomic E-state index is 14.1. The van der Waals surface area contributed by atoms with Crippen molar-refractivity contribution in [1.82, 2.24) is 0 Å². The molecule has 0 spiro atoms. The molecule has 4 heterocycles. The number of nitrogens with zero attached hydrogens (tertiary/aromatic N) is 21. The van der Waals surface area contributed by atoms with Gasteiger partial charge in [-0.25, -0.2) is 9.59 Å². The molecule has 4 aliphatic heterocycles. The zero-order valence-corrected chi connectivity index (χ0v) is 56.7. The van der Waals surface area contributed by atoms with E-state index in [0.717, 1.165) is 41.5 Å². The topological polar surface area (TPSA) is 626 Å². The minimum absolute atomic E-state index is 0. The number of esters is 8. The highest BCUT2D eigenvalue weighted by Crippen LogP contribution is 2.42. The van der Waals surface area contributed by atoms with E-state index in [1.165, 1.54) is 31.2 Å². The molecule has 109 heavy (non-hydrogen) atoms. The van der Waals surface area contributed by atoms with Gasteiger partial charge in [-0.1, -0.05) is 109 Å². The number of rotatable bonds is 29. The zero-order chi connectivity index (χ0) is 73.4. The number of azide groups is 7. The van der Waals surface area contributed by atoms with Crippen molar-refractivity contribution in [2.24, 2.45) is 41.7 Å². The van der Waals surface area contributed by atoms with Crippen LogP contribution in [0.1, 0.15) is 111 Å². The van der Waals surface area contributed by atoms with E-state index in [-0.39, 0.29) is 80.2 Å². The van der Waals surface area contributed by atoms with Gasteiger partial charge in [0, 0.05) is 121 Å². The standard InChI is InChI=1S/C56H65N21O24.4CH4.4B.4H2/c1-23-40(97-51(84)30-14-10-8-11-15-30)43(98-52(85)31-16-12-9-13-17-31)34(19-64-71-57)93-53(23)86-22-37-46(100-55-39(70-77-63)48(91-28(6)82)45(89-26(4)80)36(95-55)21-66-73-59)50(92-29(7)83)56(96-37)101-49-41(87-24(2)78)32(67-74-60)18-33(68-75-61)42(49)99-54-38(69-76-62)47(90-27(5)81)44(88-25(3)79)35(94-54)20-65-72-58;;;;;;;;;;;;/h8-17,23,32-50,53-56H,18-22H2,1-7H3;4*1H4;;;;;4*1H/t23?,32-,33?,34?,35?,36+,37-,38?,39?,40-,41?,42-,43-,44-,45-,46+,47-,48?,49-,50?,53-,54-,55-,56+;;;;;;;;;;;;/m1............/s1/i;;;;;;;;;4*1+1. The minimum Gasteiger partial charge on any atom is -0.459 e. The van der Waals surface area contributed by atoms with E-state index in [2.05, 4.69) is 70.2 Å². The van der Waals surface area contributed by atoms with Crippen molar-refractivity contribution < 1.29 is 120 Å². The molecule has 0 bridgehead atoms. The molecular formula is C60H89B4N21O24. The number of carbonyl (C=O) groups is 8. The predicted octanol–water partition coefficient (Wildman–Crippen LogP) is 8.79. The summed E-state index contributed by atoms with van der Waals surface area (Å²) in [4.78, 5) is 126. The first kappa shape index (κ1) is 100. The van der Waals surface area contributed by atoms with Crippen molar-refractivity contribution in [2.75, 3.05) is 26.2 Å². The molecule has 5 aliphatic rings. The molecule has 49 heteroatoms. The molecule has 9 unspecified atom stereocenters. The van der Waals surface area contributed by atoms with Gasteiger partial charge in [0.15, 0.2) is 61.8 Å². The Kier molecular flexibility index (Phi) is 44.7. The van der Waals surface area contributed by atoms with E-state index in [9.17, 15) is 77.1 Å². The van der Waals surface area contributed by atoms with E-state index in [4.69, 9.17) is 75.8 Å². The highest BCUT2D eigenvalue weighted by molar-refractivity contribution is 5.90. The third-order valence-corrected chi connectivity index (χ3v) is 15.7. The van der Waals surface area contributed by atoms with Crippen LogP contribution < -0.4 is 0 Å². The second kappa shape index (κ2) is 48.6. The van der Waals surface area contributed by atoms with Crippen LogP contribution in [-0.2, 0) is 105 Å². The smallest absolute Gasteiger partial charge is 0.338 e. The van der Waals surface area contributed by atoms with Crippen LogP contribution in [0.4, 0.5) is 0 Å². The van der Waals surface area contributed by atoms with Gasteiger partial charge in [0.25, 0.3) is 0 Å². The van der Waals surface area contributed by atoms with Crippen molar-refractivity contribution in [3.63, 3.8) is 0 Å². The second-order valence-electron chi connectivity index (χ2n) is 22.5. The summed E-state index contributed by atoms with van der Waals surface area (Å²) in [6, 6.07) is 8.09. The van der Waals surface area contributed by atoms with Gasteiger partial charge in [-0.3, -0.25) is 28.8 Å². The first-order valence-electron chi connectivity index (χ1n) is 30.4. The third-order valence-electron chi connectivity index (χ3n) is 15.7. The highest BCUT2D eigenvalue weighted by Gasteiger charge is 2.60. The Morgan fingerprint density at radius 3 is 1.08 bits per heavy atom. The highest BCUT2D eigenvalue weighted by atomic mass is 16.8. The molecule has 2 aromatic rings. The summed E-state index contributed by atoms with van der Waals surface area (Å²) in [6.07, 6.45) is -35.5. The van der Waals surface area contributed by atoms with Crippen LogP contribution in [-0.4, -0.2) is 249 Å². The Labute approximate surface area is 637 Å². The molecule has 590 valence electrons. The van der Waals surface area contributed by atoms with Crippen molar-refractivity contribution in [3.05, 3.63) is 145 Å². The lowest BCUT2D eigenvalue weighted by atomic mass is 9.83. The lowest BCUT2D eigenvalue weighted by Gasteiger charge is -2.48. The summed E-state index contributed by atoms with van der Waals surface area (Å²) in [5, 5.41) is 26.0. The van der Waals surface area contributed by atoms with Gasteiger partial charge >= 0.3 is 47.8 Å². The summed E-state index contributed by atoms with van der Waals surface area (Å²) in [5.41, 5.74) is 68.9. The maximum atomic E-state index is 14.1. The molecule has 24 atom stereocenters. The van der Waals surface area contributed by atoms with Gasteiger partial charge in [0.05, 0.1) is 55.6 Å². The van der Waals surface area contributed by atoms with Crippen molar-refractivity contribution in [2.45, 2.75) is 225 Å². The molecule has 0 amide bonds. The number of hydrogen-bond acceptors (Lipinski definition) is 31. The lowest BCUT2D eigenvalue weighted by molar-refractivity contribution is -0.310. The number of ether oxygens (including phenoxy) is 16. The molecular weight excluding hydrogens is 1440 g/mol. The van der Waals surface area contributed by atoms with E-state index < -0.39 is 227 Å². The van der Waals surface area contributed by atoms with Gasteiger partial charge in [-0.05, 0) is 69.4 Å². The number of benzene rings is 2. The summed E-state index contributed by atoms with van der Waals surface area (Å²) < 4.78 is 98.1. The van der Waals surface area contributed by atoms with Gasteiger partial charge in [0.1, 0.15) is 60.9 Å². The van der Waals surface area contributed by atoms with Crippen LogP contribution in [0, 0.1) is 5.92 Å². The molecule has 1 aliphatic carbocycles. The van der Waals surface area contributed by atoms with Crippen LogP contribution in [0.15, 0.2) is 96.5 Å². The molecule has 4 saturated heterocycles. The summed E-state index contributed by atoms with van der Waals surface area (Å²) in [7, 11) is 0. The Morgan fingerprint density at radius 2 is 0.697 bits per heavy atom. The van der Waals surface area contributed by atoms with Crippen LogP contribution in [0.25, 0.3) is 73.1 Å². The second-order valence-corrected chi connectivity index (χ2v) is 22.5. The summed E-state index contributed by atoms with van der Waals surface area (Å²) in [6.45, 7) is 4.19. The van der Waals surface area contributed by atoms with E-state index >= 15 is 0 Å². The van der Waals surface area contributed by atoms with Crippen molar-refractivity contribution >= 4 is 81.4 Å². The molecule has 2 aromatic carbocycles. The van der Waals surface area contributed by atoms with Gasteiger partial charge in [0.2, 0.25) is 0 Å². The zero-order valence-electron chi connectivity index (χ0n) is 56.7. The molecule has 45 nitrogen and oxygen atoms in total. The summed E-state index contributed by atoms with van der Waals surface area (Å²) in [5.74, 6) is -9.40. The average molecular weight is 1540 g/mol. The maximum Gasteiger partial charge on any atom is 0.338 e. The Bertz CT molecular complexity index is 3730. The van der Waals surface area contributed by atoms with E-state index in [0.29, 0.717) is 0 Å². The van der Waals surface area contributed by atoms with E-state index in [1.807, 2.05) is 0 Å². The normalized spacial score (nSPS) is 30.0. The predicted molar refractivity (Wildman–Crippen MR) is 386 cm³/mol. The Hall–Kier alpha value is -10.7. The van der Waals surface area contributed by atoms with Crippen LogP contribution in [0.2, 0.25) is 0 Å². The number of hydrogen-bond donors (Lipinski definition) is 0. The SMILES string of the molecule is C.C.C.C.CC(=O)OC1[C@H](O[C@@H]2C(OC(C)=O)[C@H](N=[N+]=[N-])CC(N=[N+]=[N-])[C@H]2O[C@H]2OC(CN=[N+]=[N-])[C@@H](OC(C)=O)[C@H](OC(C)=O)C2N=[N+]=[N-])O[C@H](CO[C@@H]2OC(CN=[N+]=[N-])[C@@H](OC(=O)c3ccccc3)[C@H](OC(=O)c3ccccc3)C2C)[C@@H]1O[C@H]1O[C@@H](CN=[N+]=[N-])[C@@H](OC(C)=O)C(OC(C)=O)C1N=[N+]=[N-].[2HH].[2HH].[2HH].[2HH].[B].[B].[B].[B]. The quantitative estimate of drug-likeness (QED) is 0.0183. The fraction of sp³-hybridized carbons (Fsp3) is 0.667. The molecule has 1 saturated carbocycles.